The minimum absolute atomic E-state index is 0.0294. The first kappa shape index (κ1) is 14.3. The number of Topliss-reactive ketones (excluding diaryl/α,β-unsaturated/α-hetero) is 1. The number of carbonyl (C=O) groups is 1. The molecule has 1 atom stereocenters. The molecule has 0 aliphatic heterocycles. The van der Waals surface area contributed by atoms with E-state index in [0.29, 0.717) is 12.8 Å². The van der Waals surface area contributed by atoms with Crippen molar-refractivity contribution in [3.8, 4) is 0 Å². The van der Waals surface area contributed by atoms with Gasteiger partial charge in [-0.3, -0.25) is 4.79 Å². The molecule has 0 spiro atoms. The Morgan fingerprint density at radius 3 is 2.76 bits per heavy atom. The lowest BCUT2D eigenvalue weighted by Gasteiger charge is -2.09. The Morgan fingerprint density at radius 2 is 2.24 bits per heavy atom. The minimum Gasteiger partial charge on any atom is -0.321 e. The summed E-state index contributed by atoms with van der Waals surface area (Å²) in [6.07, 6.45) is 2.41. The van der Waals surface area contributed by atoms with Crippen LogP contribution in [0.25, 0.3) is 0 Å². The summed E-state index contributed by atoms with van der Waals surface area (Å²) in [6.45, 7) is 0. The molecule has 0 aliphatic rings. The largest absolute Gasteiger partial charge is 0.321 e. The van der Waals surface area contributed by atoms with Gasteiger partial charge < -0.3 is 5.73 Å². The summed E-state index contributed by atoms with van der Waals surface area (Å²) in [5, 5.41) is 3.96. The molecule has 0 radical (unpaired) electrons. The molecule has 0 amide bonds. The Kier molecular flexibility index (Phi) is 5.30. The van der Waals surface area contributed by atoms with Gasteiger partial charge in [0.25, 0.3) is 0 Å². The highest BCUT2D eigenvalue weighted by Crippen LogP contribution is 2.09. The molecule has 0 aliphatic carbocycles. The first-order valence-corrected chi connectivity index (χ1v) is 8.36. The number of hydrogen-bond donors (Lipinski definition) is 1. The van der Waals surface area contributed by atoms with Crippen molar-refractivity contribution in [3.63, 3.8) is 0 Å². The van der Waals surface area contributed by atoms with Crippen molar-refractivity contribution in [3.05, 3.63) is 22.4 Å². The lowest BCUT2D eigenvalue weighted by molar-refractivity contribution is -0.120. The monoisotopic (exact) mass is 275 g/mol. The third-order valence-corrected chi connectivity index (χ3v) is 4.16. The van der Waals surface area contributed by atoms with Crippen LogP contribution in [0.15, 0.2) is 16.8 Å². The van der Waals surface area contributed by atoms with Crippen molar-refractivity contribution in [2.45, 2.75) is 25.3 Å². The van der Waals surface area contributed by atoms with Crippen LogP contribution >= 0.6 is 11.3 Å². The van der Waals surface area contributed by atoms with E-state index in [2.05, 4.69) is 0 Å². The zero-order valence-electron chi connectivity index (χ0n) is 9.76. The van der Waals surface area contributed by atoms with Gasteiger partial charge in [-0.25, -0.2) is 8.42 Å². The van der Waals surface area contributed by atoms with Crippen molar-refractivity contribution >= 4 is 27.0 Å². The highest BCUT2D eigenvalue weighted by molar-refractivity contribution is 7.90. The molecule has 6 heteroatoms. The summed E-state index contributed by atoms with van der Waals surface area (Å²) in [6, 6.07) is 1.31. The summed E-state index contributed by atoms with van der Waals surface area (Å²) < 4.78 is 21.9. The SMILES string of the molecule is CS(=O)(=O)CCC(N)C(=O)CCc1ccsc1. The van der Waals surface area contributed by atoms with Crippen LogP contribution in [-0.2, 0) is 21.1 Å². The van der Waals surface area contributed by atoms with Crippen LogP contribution in [0.4, 0.5) is 0 Å². The minimum atomic E-state index is -3.04. The molecule has 96 valence electrons. The molecular formula is C11H17NO3S2. The first-order chi connectivity index (χ1) is 7.88. The molecule has 1 aromatic heterocycles. The van der Waals surface area contributed by atoms with Crippen molar-refractivity contribution in [1.82, 2.24) is 0 Å². The van der Waals surface area contributed by atoms with Crippen LogP contribution in [-0.4, -0.2) is 32.3 Å². The molecule has 0 saturated carbocycles. The van der Waals surface area contributed by atoms with Crippen LogP contribution < -0.4 is 5.73 Å². The van der Waals surface area contributed by atoms with E-state index in [1.165, 1.54) is 0 Å². The summed E-state index contributed by atoms with van der Waals surface area (Å²) in [5.41, 5.74) is 6.78. The number of rotatable bonds is 7. The second-order valence-electron chi connectivity index (χ2n) is 4.12. The van der Waals surface area contributed by atoms with E-state index in [9.17, 15) is 13.2 Å². The molecule has 0 aromatic carbocycles. The fourth-order valence-electron chi connectivity index (χ4n) is 1.39. The second kappa shape index (κ2) is 6.28. The number of aryl methyl sites for hydroxylation is 1. The standard InChI is InChI=1S/C11H17NO3S2/c1-17(14,15)7-5-10(12)11(13)3-2-9-4-6-16-8-9/h4,6,8,10H,2-3,5,7,12H2,1H3. The summed E-state index contributed by atoms with van der Waals surface area (Å²) in [7, 11) is -3.04. The number of hydrogen-bond acceptors (Lipinski definition) is 5. The maximum absolute atomic E-state index is 11.6. The molecule has 2 N–H and O–H groups in total. The molecule has 1 heterocycles. The van der Waals surface area contributed by atoms with Gasteiger partial charge in [0, 0.05) is 12.7 Å². The number of sulfone groups is 1. The van der Waals surface area contributed by atoms with E-state index < -0.39 is 15.9 Å². The normalized spacial score (nSPS) is 13.5. The lowest BCUT2D eigenvalue weighted by Crippen LogP contribution is -2.32. The van der Waals surface area contributed by atoms with E-state index in [1.807, 2.05) is 16.8 Å². The predicted octanol–water partition coefficient (Wildman–Crippen LogP) is 1.01. The Morgan fingerprint density at radius 1 is 1.53 bits per heavy atom. The molecule has 4 nitrogen and oxygen atoms in total. The van der Waals surface area contributed by atoms with Crippen molar-refractivity contribution in [2.75, 3.05) is 12.0 Å². The molecule has 0 bridgehead atoms. The number of ketones is 1. The molecule has 1 aromatic rings. The fourth-order valence-corrected chi connectivity index (χ4v) is 2.78. The smallest absolute Gasteiger partial charge is 0.149 e. The van der Waals surface area contributed by atoms with E-state index in [-0.39, 0.29) is 18.0 Å². The van der Waals surface area contributed by atoms with Crippen LogP contribution in [0, 0.1) is 0 Å². The first-order valence-electron chi connectivity index (χ1n) is 5.35. The number of carbonyl (C=O) groups excluding carboxylic acids is 1. The van der Waals surface area contributed by atoms with Gasteiger partial charge in [0.2, 0.25) is 0 Å². The molecule has 1 rings (SSSR count). The van der Waals surface area contributed by atoms with Crippen LogP contribution in [0.1, 0.15) is 18.4 Å². The zero-order chi connectivity index (χ0) is 12.9. The average Bonchev–Trinajstić information content (AvgIpc) is 2.74. The molecule has 0 saturated heterocycles. The van der Waals surface area contributed by atoms with Crippen molar-refractivity contribution < 1.29 is 13.2 Å². The van der Waals surface area contributed by atoms with E-state index in [0.717, 1.165) is 11.8 Å². The topological polar surface area (TPSA) is 77.2 Å². The third-order valence-electron chi connectivity index (χ3n) is 2.45. The van der Waals surface area contributed by atoms with E-state index in [1.54, 1.807) is 11.3 Å². The Balaban J connectivity index is 2.32. The highest BCUT2D eigenvalue weighted by Gasteiger charge is 2.15. The Bertz CT molecular complexity index is 451. The molecular weight excluding hydrogens is 258 g/mol. The van der Waals surface area contributed by atoms with Gasteiger partial charge in [0.1, 0.15) is 15.6 Å². The Labute approximate surface area is 106 Å². The van der Waals surface area contributed by atoms with Crippen LogP contribution in [0.2, 0.25) is 0 Å². The number of nitrogens with two attached hydrogens (primary N) is 1. The molecule has 1 unspecified atom stereocenters. The van der Waals surface area contributed by atoms with Crippen molar-refractivity contribution in [2.24, 2.45) is 5.73 Å². The summed E-state index contributed by atoms with van der Waals surface area (Å²) in [4.78, 5) is 11.6. The van der Waals surface area contributed by atoms with Crippen molar-refractivity contribution in [1.29, 1.82) is 0 Å². The van der Waals surface area contributed by atoms with E-state index in [4.69, 9.17) is 5.73 Å². The average molecular weight is 275 g/mol. The fraction of sp³-hybridized carbons (Fsp3) is 0.545. The van der Waals surface area contributed by atoms with Crippen LogP contribution in [0.3, 0.4) is 0 Å². The van der Waals surface area contributed by atoms with Gasteiger partial charge in [-0.15, -0.1) is 0 Å². The van der Waals surface area contributed by atoms with Gasteiger partial charge in [0.15, 0.2) is 0 Å². The molecule has 17 heavy (non-hydrogen) atoms. The maximum Gasteiger partial charge on any atom is 0.149 e. The van der Waals surface area contributed by atoms with Gasteiger partial charge in [-0.2, -0.15) is 11.3 Å². The third kappa shape index (κ3) is 5.95. The number of thiophene rings is 1. The quantitative estimate of drug-likeness (QED) is 0.805. The highest BCUT2D eigenvalue weighted by atomic mass is 32.2. The molecule has 0 fully saturated rings. The lowest BCUT2D eigenvalue weighted by atomic mass is 10.0. The van der Waals surface area contributed by atoms with Gasteiger partial charge in [-0.1, -0.05) is 0 Å². The summed E-state index contributed by atoms with van der Waals surface area (Å²) in [5.74, 6) is -0.0990. The Hall–Kier alpha value is -0.720. The van der Waals surface area contributed by atoms with Crippen LogP contribution in [0.5, 0.6) is 0 Å². The van der Waals surface area contributed by atoms with Gasteiger partial charge in [-0.05, 0) is 35.2 Å². The predicted molar refractivity (Wildman–Crippen MR) is 70.0 cm³/mol. The van der Waals surface area contributed by atoms with E-state index >= 15 is 0 Å². The zero-order valence-corrected chi connectivity index (χ0v) is 11.4. The van der Waals surface area contributed by atoms with Gasteiger partial charge >= 0.3 is 0 Å². The maximum atomic E-state index is 11.6. The van der Waals surface area contributed by atoms with Gasteiger partial charge in [0.05, 0.1) is 11.8 Å². The second-order valence-corrected chi connectivity index (χ2v) is 7.16. The summed E-state index contributed by atoms with van der Waals surface area (Å²) >= 11 is 1.59.